The number of likely N-dealkylation sites (tertiary alicyclic amines) is 1. The first kappa shape index (κ1) is 9.96. The van der Waals surface area contributed by atoms with Crippen molar-refractivity contribution in [3.8, 4) is 0 Å². The molecule has 1 rings (SSSR count). The zero-order valence-corrected chi connectivity index (χ0v) is 8.12. The quantitative estimate of drug-likeness (QED) is 0.654. The van der Waals surface area contributed by atoms with Crippen LogP contribution in [-0.2, 0) is 4.74 Å². The summed E-state index contributed by atoms with van der Waals surface area (Å²) in [5.41, 5.74) is 5.62. The summed E-state index contributed by atoms with van der Waals surface area (Å²) in [5, 5.41) is 0. The molecule has 72 valence electrons. The van der Waals surface area contributed by atoms with Gasteiger partial charge < -0.3 is 10.5 Å². The highest BCUT2D eigenvalue weighted by Crippen LogP contribution is 2.20. The maximum atomic E-state index is 5.62. The molecule has 0 aromatic carbocycles. The molecule has 3 heteroatoms. The van der Waals surface area contributed by atoms with E-state index in [1.165, 1.54) is 13.0 Å². The Kier molecular flexibility index (Phi) is 3.98. The standard InChI is InChI=1S/C9H20N2O/c1-8(4-6-12-2)11-5-3-9(11)7-10/h8-9H,3-7,10H2,1-2H3. The minimum Gasteiger partial charge on any atom is -0.385 e. The van der Waals surface area contributed by atoms with Crippen molar-refractivity contribution >= 4 is 0 Å². The number of hydrogen-bond acceptors (Lipinski definition) is 3. The first-order valence-electron chi connectivity index (χ1n) is 4.74. The van der Waals surface area contributed by atoms with E-state index in [0.29, 0.717) is 12.1 Å². The molecule has 2 unspecified atom stereocenters. The van der Waals surface area contributed by atoms with E-state index in [1.807, 2.05) is 0 Å². The summed E-state index contributed by atoms with van der Waals surface area (Å²) in [6.07, 6.45) is 2.39. The van der Waals surface area contributed by atoms with Gasteiger partial charge in [-0.3, -0.25) is 4.90 Å². The Morgan fingerprint density at radius 2 is 2.42 bits per heavy atom. The van der Waals surface area contributed by atoms with E-state index in [-0.39, 0.29) is 0 Å². The largest absolute Gasteiger partial charge is 0.385 e. The Balaban J connectivity index is 2.18. The van der Waals surface area contributed by atoms with E-state index >= 15 is 0 Å². The molecule has 0 spiro atoms. The lowest BCUT2D eigenvalue weighted by Crippen LogP contribution is -2.55. The second-order valence-corrected chi connectivity index (χ2v) is 3.55. The molecule has 3 nitrogen and oxygen atoms in total. The zero-order valence-electron chi connectivity index (χ0n) is 8.12. The fourth-order valence-electron chi connectivity index (χ4n) is 1.75. The zero-order chi connectivity index (χ0) is 8.97. The Hall–Kier alpha value is -0.120. The molecule has 0 amide bonds. The molecular formula is C9H20N2O. The minimum absolute atomic E-state index is 0.632. The van der Waals surface area contributed by atoms with Gasteiger partial charge in [0.1, 0.15) is 0 Å². The van der Waals surface area contributed by atoms with E-state index in [0.717, 1.165) is 19.6 Å². The highest BCUT2D eigenvalue weighted by molar-refractivity contribution is 4.86. The van der Waals surface area contributed by atoms with Gasteiger partial charge in [0.05, 0.1) is 0 Å². The van der Waals surface area contributed by atoms with Crippen molar-refractivity contribution < 1.29 is 4.74 Å². The smallest absolute Gasteiger partial charge is 0.0477 e. The van der Waals surface area contributed by atoms with Gasteiger partial charge in [0.15, 0.2) is 0 Å². The lowest BCUT2D eigenvalue weighted by Gasteiger charge is -2.44. The maximum absolute atomic E-state index is 5.62. The summed E-state index contributed by atoms with van der Waals surface area (Å²) in [6, 6.07) is 1.27. The van der Waals surface area contributed by atoms with Crippen LogP contribution in [0.15, 0.2) is 0 Å². The summed E-state index contributed by atoms with van der Waals surface area (Å²) in [7, 11) is 1.75. The van der Waals surface area contributed by atoms with Crippen LogP contribution in [-0.4, -0.2) is 43.8 Å². The molecule has 1 heterocycles. The van der Waals surface area contributed by atoms with Crippen LogP contribution < -0.4 is 5.73 Å². The molecule has 2 atom stereocenters. The van der Waals surface area contributed by atoms with E-state index in [9.17, 15) is 0 Å². The average Bonchev–Trinajstić information content (AvgIpc) is 2.00. The van der Waals surface area contributed by atoms with Crippen molar-refractivity contribution in [3.05, 3.63) is 0 Å². The Bertz CT molecular complexity index is 128. The van der Waals surface area contributed by atoms with E-state index < -0.39 is 0 Å². The third-order valence-electron chi connectivity index (χ3n) is 2.77. The molecule has 0 aromatic rings. The molecule has 0 bridgehead atoms. The highest BCUT2D eigenvalue weighted by atomic mass is 16.5. The average molecular weight is 172 g/mol. The Morgan fingerprint density at radius 3 is 2.83 bits per heavy atom. The van der Waals surface area contributed by atoms with Crippen molar-refractivity contribution in [1.29, 1.82) is 0 Å². The summed E-state index contributed by atoms with van der Waals surface area (Å²) in [6.45, 7) is 5.12. The van der Waals surface area contributed by atoms with Crippen LogP contribution in [0.5, 0.6) is 0 Å². The fraction of sp³-hybridized carbons (Fsp3) is 1.00. The second-order valence-electron chi connectivity index (χ2n) is 3.55. The lowest BCUT2D eigenvalue weighted by molar-refractivity contribution is 0.0378. The van der Waals surface area contributed by atoms with E-state index in [4.69, 9.17) is 10.5 Å². The predicted molar refractivity (Wildman–Crippen MR) is 50.1 cm³/mol. The fourth-order valence-corrected chi connectivity index (χ4v) is 1.75. The maximum Gasteiger partial charge on any atom is 0.0477 e. The first-order valence-corrected chi connectivity index (χ1v) is 4.74. The third-order valence-corrected chi connectivity index (χ3v) is 2.77. The van der Waals surface area contributed by atoms with Crippen LogP contribution in [0, 0.1) is 0 Å². The van der Waals surface area contributed by atoms with Crippen molar-refractivity contribution in [1.82, 2.24) is 4.90 Å². The molecule has 1 saturated heterocycles. The summed E-state index contributed by atoms with van der Waals surface area (Å²) in [4.78, 5) is 2.47. The highest BCUT2D eigenvalue weighted by Gasteiger charge is 2.29. The number of rotatable bonds is 5. The number of hydrogen-bond donors (Lipinski definition) is 1. The monoisotopic (exact) mass is 172 g/mol. The molecule has 1 fully saturated rings. The number of methoxy groups -OCH3 is 1. The van der Waals surface area contributed by atoms with Gasteiger partial charge in [0, 0.05) is 38.9 Å². The van der Waals surface area contributed by atoms with Crippen LogP contribution in [0.25, 0.3) is 0 Å². The summed E-state index contributed by atoms with van der Waals surface area (Å²) >= 11 is 0. The van der Waals surface area contributed by atoms with Gasteiger partial charge in [-0.15, -0.1) is 0 Å². The number of nitrogens with zero attached hydrogens (tertiary/aromatic N) is 1. The Labute approximate surface area is 74.9 Å². The van der Waals surface area contributed by atoms with Crippen LogP contribution in [0.3, 0.4) is 0 Å². The van der Waals surface area contributed by atoms with Crippen LogP contribution in [0.2, 0.25) is 0 Å². The van der Waals surface area contributed by atoms with E-state index in [2.05, 4.69) is 11.8 Å². The van der Waals surface area contributed by atoms with Gasteiger partial charge in [0.25, 0.3) is 0 Å². The van der Waals surface area contributed by atoms with Gasteiger partial charge >= 0.3 is 0 Å². The topological polar surface area (TPSA) is 38.5 Å². The van der Waals surface area contributed by atoms with Crippen LogP contribution in [0.4, 0.5) is 0 Å². The molecule has 12 heavy (non-hydrogen) atoms. The van der Waals surface area contributed by atoms with Gasteiger partial charge in [-0.05, 0) is 19.8 Å². The first-order chi connectivity index (χ1) is 5.79. The normalized spacial score (nSPS) is 26.8. The Morgan fingerprint density at radius 1 is 1.67 bits per heavy atom. The van der Waals surface area contributed by atoms with Gasteiger partial charge in [-0.25, -0.2) is 0 Å². The van der Waals surface area contributed by atoms with Gasteiger partial charge in [0.2, 0.25) is 0 Å². The molecular weight excluding hydrogens is 152 g/mol. The second kappa shape index (κ2) is 4.80. The molecule has 1 aliphatic rings. The molecule has 1 aliphatic heterocycles. The van der Waals surface area contributed by atoms with Crippen LogP contribution in [0.1, 0.15) is 19.8 Å². The van der Waals surface area contributed by atoms with Crippen molar-refractivity contribution in [2.75, 3.05) is 26.8 Å². The predicted octanol–water partition coefficient (Wildman–Crippen LogP) is 0.444. The summed E-state index contributed by atoms with van der Waals surface area (Å²) in [5.74, 6) is 0. The van der Waals surface area contributed by atoms with Crippen molar-refractivity contribution in [2.24, 2.45) is 5.73 Å². The molecule has 2 N–H and O–H groups in total. The lowest BCUT2D eigenvalue weighted by atomic mass is 9.99. The third kappa shape index (κ3) is 2.19. The van der Waals surface area contributed by atoms with Gasteiger partial charge in [-0.2, -0.15) is 0 Å². The molecule has 0 saturated carbocycles. The molecule has 0 radical (unpaired) electrons. The number of ether oxygens (including phenoxy) is 1. The number of nitrogens with two attached hydrogens (primary N) is 1. The van der Waals surface area contributed by atoms with E-state index in [1.54, 1.807) is 7.11 Å². The van der Waals surface area contributed by atoms with Gasteiger partial charge in [-0.1, -0.05) is 0 Å². The molecule has 0 aliphatic carbocycles. The molecule has 0 aromatic heterocycles. The van der Waals surface area contributed by atoms with Crippen molar-refractivity contribution in [2.45, 2.75) is 31.8 Å². The van der Waals surface area contributed by atoms with Crippen molar-refractivity contribution in [3.63, 3.8) is 0 Å². The minimum atomic E-state index is 0.632. The SMILES string of the molecule is COCCC(C)N1CCC1CN. The van der Waals surface area contributed by atoms with Crippen LogP contribution >= 0.6 is 0 Å². The summed E-state index contributed by atoms with van der Waals surface area (Å²) < 4.78 is 5.04.